The molecule has 0 fully saturated rings. The average molecular weight is 262 g/mol. The minimum absolute atomic E-state index is 0.529. The topological polar surface area (TPSA) is 18.5 Å². The Morgan fingerprint density at radius 2 is 1.68 bits per heavy atom. The van der Waals surface area contributed by atoms with Crippen molar-refractivity contribution < 1.29 is 9.47 Å². The monoisotopic (exact) mass is 262 g/mol. The Balaban J connectivity index is 2.16. The maximum Gasteiger partial charge on any atom is 0.123 e. The van der Waals surface area contributed by atoms with Crippen LogP contribution < -0.4 is 9.47 Å². The number of hydrogen-bond donors (Lipinski definition) is 0. The molecule has 0 amide bonds. The highest BCUT2D eigenvalue weighted by Crippen LogP contribution is 2.19. The van der Waals surface area contributed by atoms with Gasteiger partial charge in [-0.15, -0.1) is 0 Å². The highest BCUT2D eigenvalue weighted by atomic mass is 16.5. The van der Waals surface area contributed by atoms with Crippen LogP contribution in [0.3, 0.4) is 0 Å². The molecule has 0 N–H and O–H groups in total. The second-order valence-electron chi connectivity index (χ2n) is 4.69. The van der Waals surface area contributed by atoms with Gasteiger partial charge in [-0.25, -0.2) is 0 Å². The number of rotatable bonds is 11. The molecule has 1 rings (SSSR count). The third-order valence-corrected chi connectivity index (χ3v) is 2.94. The Morgan fingerprint density at radius 3 is 2.42 bits per heavy atom. The first-order valence-electron chi connectivity index (χ1n) is 7.33. The van der Waals surface area contributed by atoms with Gasteiger partial charge in [-0.1, -0.05) is 57.7 Å². The van der Waals surface area contributed by atoms with Gasteiger partial charge < -0.3 is 9.47 Å². The molecule has 2 heteroatoms. The number of ether oxygens (including phenoxy) is 2. The lowest BCUT2D eigenvalue weighted by Gasteiger charge is -2.08. The van der Waals surface area contributed by atoms with Gasteiger partial charge >= 0.3 is 0 Å². The standard InChI is InChI=1S/C17H26O2/c1-3-5-6-7-8-9-14-19-17-12-10-11-16(15-17)18-13-4-2/h4,10-12,15H,2-3,5-9,13-14H2,1H3. The fourth-order valence-corrected chi connectivity index (χ4v) is 1.88. The maximum absolute atomic E-state index is 5.73. The molecule has 0 aliphatic carbocycles. The molecule has 0 atom stereocenters. The second kappa shape index (κ2) is 10.5. The van der Waals surface area contributed by atoms with Gasteiger partial charge in [-0.05, 0) is 18.6 Å². The van der Waals surface area contributed by atoms with E-state index in [1.54, 1.807) is 6.08 Å². The predicted molar refractivity (Wildman–Crippen MR) is 81.0 cm³/mol. The van der Waals surface area contributed by atoms with Crippen molar-refractivity contribution >= 4 is 0 Å². The van der Waals surface area contributed by atoms with Gasteiger partial charge in [0.15, 0.2) is 0 Å². The van der Waals surface area contributed by atoms with Crippen LogP contribution in [0.2, 0.25) is 0 Å². The minimum Gasteiger partial charge on any atom is -0.493 e. The molecule has 0 aromatic heterocycles. The van der Waals surface area contributed by atoms with Gasteiger partial charge in [-0.2, -0.15) is 0 Å². The summed E-state index contributed by atoms with van der Waals surface area (Å²) in [7, 11) is 0. The molecule has 0 aliphatic heterocycles. The fourth-order valence-electron chi connectivity index (χ4n) is 1.88. The molecule has 0 aliphatic rings. The Kier molecular flexibility index (Phi) is 8.61. The molecular weight excluding hydrogens is 236 g/mol. The van der Waals surface area contributed by atoms with E-state index in [0.717, 1.165) is 24.5 Å². The second-order valence-corrected chi connectivity index (χ2v) is 4.69. The van der Waals surface area contributed by atoms with Gasteiger partial charge in [-0.3, -0.25) is 0 Å². The van der Waals surface area contributed by atoms with Gasteiger partial charge in [0, 0.05) is 6.07 Å². The summed E-state index contributed by atoms with van der Waals surface area (Å²) in [5, 5.41) is 0. The van der Waals surface area contributed by atoms with Crippen LogP contribution in [-0.4, -0.2) is 13.2 Å². The normalized spacial score (nSPS) is 10.2. The smallest absolute Gasteiger partial charge is 0.123 e. The lowest BCUT2D eigenvalue weighted by Crippen LogP contribution is -1.98. The highest BCUT2D eigenvalue weighted by Gasteiger charge is 1.97. The van der Waals surface area contributed by atoms with Crippen LogP contribution in [0.15, 0.2) is 36.9 Å². The summed E-state index contributed by atoms with van der Waals surface area (Å²) in [6.07, 6.45) is 9.44. The van der Waals surface area contributed by atoms with Crippen molar-refractivity contribution in [2.45, 2.75) is 45.4 Å². The zero-order valence-corrected chi connectivity index (χ0v) is 12.1. The van der Waals surface area contributed by atoms with E-state index in [9.17, 15) is 0 Å². The molecule has 0 unspecified atom stereocenters. The minimum atomic E-state index is 0.529. The summed E-state index contributed by atoms with van der Waals surface area (Å²) >= 11 is 0. The van der Waals surface area contributed by atoms with Crippen molar-refractivity contribution in [1.82, 2.24) is 0 Å². The highest BCUT2D eigenvalue weighted by molar-refractivity contribution is 5.32. The van der Waals surface area contributed by atoms with Gasteiger partial charge in [0.25, 0.3) is 0 Å². The Labute approximate surface area is 117 Å². The summed E-state index contributed by atoms with van der Waals surface area (Å²) in [4.78, 5) is 0. The summed E-state index contributed by atoms with van der Waals surface area (Å²) < 4.78 is 11.2. The summed E-state index contributed by atoms with van der Waals surface area (Å²) in [6.45, 7) is 7.19. The van der Waals surface area contributed by atoms with Crippen LogP contribution in [0.25, 0.3) is 0 Å². The summed E-state index contributed by atoms with van der Waals surface area (Å²) in [5.41, 5.74) is 0. The first-order chi connectivity index (χ1) is 9.36. The van der Waals surface area contributed by atoms with Gasteiger partial charge in [0.2, 0.25) is 0 Å². The van der Waals surface area contributed by atoms with Crippen LogP contribution >= 0.6 is 0 Å². The zero-order valence-electron chi connectivity index (χ0n) is 12.1. The molecule has 0 radical (unpaired) electrons. The third-order valence-electron chi connectivity index (χ3n) is 2.94. The van der Waals surface area contributed by atoms with E-state index >= 15 is 0 Å². The lowest BCUT2D eigenvalue weighted by atomic mass is 10.1. The zero-order chi connectivity index (χ0) is 13.8. The van der Waals surface area contributed by atoms with Crippen molar-refractivity contribution in [3.63, 3.8) is 0 Å². The maximum atomic E-state index is 5.73. The van der Waals surface area contributed by atoms with Crippen LogP contribution in [0.1, 0.15) is 45.4 Å². The predicted octanol–water partition coefficient (Wildman–Crippen LogP) is 4.99. The Morgan fingerprint density at radius 1 is 1.00 bits per heavy atom. The number of unbranched alkanes of at least 4 members (excludes halogenated alkanes) is 5. The van der Waals surface area contributed by atoms with E-state index in [1.807, 2.05) is 24.3 Å². The molecule has 0 bridgehead atoms. The van der Waals surface area contributed by atoms with Crippen LogP contribution in [0.5, 0.6) is 11.5 Å². The van der Waals surface area contributed by atoms with Crippen molar-refractivity contribution in [1.29, 1.82) is 0 Å². The molecule has 1 aromatic carbocycles. The first kappa shape index (κ1) is 15.6. The third kappa shape index (κ3) is 7.55. The SMILES string of the molecule is C=CCOc1cccc(OCCCCCCCC)c1. The molecule has 0 heterocycles. The average Bonchev–Trinajstić information content (AvgIpc) is 2.44. The van der Waals surface area contributed by atoms with Crippen LogP contribution in [-0.2, 0) is 0 Å². The van der Waals surface area contributed by atoms with E-state index in [4.69, 9.17) is 9.47 Å². The molecule has 0 saturated carbocycles. The largest absolute Gasteiger partial charge is 0.493 e. The van der Waals surface area contributed by atoms with E-state index in [1.165, 1.54) is 32.1 Å². The van der Waals surface area contributed by atoms with Crippen molar-refractivity contribution in [2.75, 3.05) is 13.2 Å². The molecular formula is C17H26O2. The Bertz CT molecular complexity index is 347. The number of hydrogen-bond acceptors (Lipinski definition) is 2. The van der Waals surface area contributed by atoms with Crippen LogP contribution in [0.4, 0.5) is 0 Å². The molecule has 0 saturated heterocycles. The van der Waals surface area contributed by atoms with Crippen molar-refractivity contribution in [3.8, 4) is 11.5 Å². The Hall–Kier alpha value is -1.44. The molecule has 2 nitrogen and oxygen atoms in total. The first-order valence-corrected chi connectivity index (χ1v) is 7.33. The molecule has 19 heavy (non-hydrogen) atoms. The summed E-state index contributed by atoms with van der Waals surface area (Å²) in [5.74, 6) is 1.72. The molecule has 1 aromatic rings. The van der Waals surface area contributed by atoms with E-state index < -0.39 is 0 Å². The van der Waals surface area contributed by atoms with Crippen molar-refractivity contribution in [3.05, 3.63) is 36.9 Å². The fraction of sp³-hybridized carbons (Fsp3) is 0.529. The summed E-state index contributed by atoms with van der Waals surface area (Å²) in [6, 6.07) is 7.79. The molecule has 106 valence electrons. The van der Waals surface area contributed by atoms with Gasteiger partial charge in [0.1, 0.15) is 18.1 Å². The molecule has 0 spiro atoms. The van der Waals surface area contributed by atoms with E-state index in [-0.39, 0.29) is 0 Å². The van der Waals surface area contributed by atoms with E-state index in [0.29, 0.717) is 6.61 Å². The van der Waals surface area contributed by atoms with Crippen molar-refractivity contribution in [2.24, 2.45) is 0 Å². The van der Waals surface area contributed by atoms with Gasteiger partial charge in [0.05, 0.1) is 6.61 Å². The number of benzene rings is 1. The lowest BCUT2D eigenvalue weighted by molar-refractivity contribution is 0.300. The van der Waals surface area contributed by atoms with E-state index in [2.05, 4.69) is 13.5 Å². The quantitative estimate of drug-likeness (QED) is 0.413. The van der Waals surface area contributed by atoms with Crippen LogP contribution in [0, 0.1) is 0 Å².